The molecule has 1 aromatic carbocycles. The number of fused-ring (bicyclic) bond motifs is 1. The highest BCUT2D eigenvalue weighted by molar-refractivity contribution is 7.22. The molecule has 0 radical (unpaired) electrons. The molecule has 0 N–H and O–H groups in total. The van der Waals surface area contributed by atoms with Crippen LogP contribution in [0.3, 0.4) is 0 Å². The molecule has 0 unspecified atom stereocenters. The third-order valence-electron chi connectivity index (χ3n) is 4.82. The SMILES string of the molecule is Cc1ccc2nc(N3CCN(C4CCOCC4)CC3)sc2c1. The summed E-state index contributed by atoms with van der Waals surface area (Å²) in [5.41, 5.74) is 2.45. The van der Waals surface area contributed by atoms with E-state index in [-0.39, 0.29) is 0 Å². The van der Waals surface area contributed by atoms with E-state index >= 15 is 0 Å². The standard InChI is InChI=1S/C17H23N3OS/c1-13-2-3-15-16(12-13)22-17(18-15)20-8-6-19(7-9-20)14-4-10-21-11-5-14/h2-3,12,14H,4-11H2,1H3. The van der Waals surface area contributed by atoms with Gasteiger partial charge in [0.2, 0.25) is 0 Å². The van der Waals surface area contributed by atoms with Crippen LogP contribution in [0.5, 0.6) is 0 Å². The maximum absolute atomic E-state index is 5.48. The van der Waals surface area contributed by atoms with Gasteiger partial charge in [-0.3, -0.25) is 4.90 Å². The highest BCUT2D eigenvalue weighted by Crippen LogP contribution is 2.30. The summed E-state index contributed by atoms with van der Waals surface area (Å²) in [5, 5.41) is 1.19. The van der Waals surface area contributed by atoms with Crippen LogP contribution in [0.15, 0.2) is 18.2 Å². The molecule has 2 aliphatic heterocycles. The maximum atomic E-state index is 5.48. The molecule has 2 saturated heterocycles. The lowest BCUT2D eigenvalue weighted by atomic mass is 10.1. The summed E-state index contributed by atoms with van der Waals surface area (Å²) in [7, 11) is 0. The largest absolute Gasteiger partial charge is 0.381 e. The van der Waals surface area contributed by atoms with Gasteiger partial charge in [0.1, 0.15) is 0 Å². The molecule has 2 aliphatic rings. The van der Waals surface area contributed by atoms with Crippen LogP contribution in [0.1, 0.15) is 18.4 Å². The molecule has 3 heterocycles. The highest BCUT2D eigenvalue weighted by Gasteiger charge is 2.26. The van der Waals surface area contributed by atoms with E-state index in [2.05, 4.69) is 34.9 Å². The third-order valence-corrected chi connectivity index (χ3v) is 5.90. The van der Waals surface area contributed by atoms with Crippen LogP contribution in [0.4, 0.5) is 5.13 Å². The minimum absolute atomic E-state index is 0.730. The fourth-order valence-corrected chi connectivity index (χ4v) is 4.60. The average molecular weight is 317 g/mol. The van der Waals surface area contributed by atoms with Gasteiger partial charge in [0, 0.05) is 45.4 Å². The van der Waals surface area contributed by atoms with Gasteiger partial charge in [-0.15, -0.1) is 0 Å². The van der Waals surface area contributed by atoms with E-state index < -0.39 is 0 Å². The fraction of sp³-hybridized carbons (Fsp3) is 0.588. The number of rotatable bonds is 2. The molecule has 1 aromatic heterocycles. The third kappa shape index (κ3) is 2.85. The van der Waals surface area contributed by atoms with Crippen molar-refractivity contribution in [3.05, 3.63) is 23.8 Å². The van der Waals surface area contributed by atoms with Gasteiger partial charge >= 0.3 is 0 Å². The minimum Gasteiger partial charge on any atom is -0.381 e. The zero-order valence-corrected chi connectivity index (χ0v) is 13.9. The van der Waals surface area contributed by atoms with Crippen molar-refractivity contribution in [2.24, 2.45) is 0 Å². The van der Waals surface area contributed by atoms with E-state index in [1.165, 1.54) is 28.2 Å². The number of hydrogen-bond donors (Lipinski definition) is 0. The van der Waals surface area contributed by atoms with Crippen molar-refractivity contribution in [2.45, 2.75) is 25.8 Å². The monoisotopic (exact) mass is 317 g/mol. The van der Waals surface area contributed by atoms with E-state index in [0.717, 1.165) is 51.0 Å². The Kier molecular flexibility index (Phi) is 4.03. The number of nitrogens with zero attached hydrogens (tertiary/aromatic N) is 3. The molecule has 0 saturated carbocycles. The summed E-state index contributed by atoms with van der Waals surface area (Å²) in [4.78, 5) is 9.92. The summed E-state index contributed by atoms with van der Waals surface area (Å²) in [5.74, 6) is 0. The molecule has 4 nitrogen and oxygen atoms in total. The van der Waals surface area contributed by atoms with Gasteiger partial charge in [0.25, 0.3) is 0 Å². The van der Waals surface area contributed by atoms with E-state index in [4.69, 9.17) is 9.72 Å². The first-order chi connectivity index (χ1) is 10.8. The van der Waals surface area contributed by atoms with E-state index in [0.29, 0.717) is 0 Å². The van der Waals surface area contributed by atoms with Gasteiger partial charge in [-0.05, 0) is 37.5 Å². The lowest BCUT2D eigenvalue weighted by Gasteiger charge is -2.40. The quantitative estimate of drug-likeness (QED) is 0.851. The molecule has 2 aromatic rings. The molecule has 4 rings (SSSR count). The molecular formula is C17H23N3OS. The van der Waals surface area contributed by atoms with Crippen molar-refractivity contribution in [2.75, 3.05) is 44.3 Å². The van der Waals surface area contributed by atoms with E-state index in [1.807, 2.05) is 11.3 Å². The van der Waals surface area contributed by atoms with Crippen molar-refractivity contribution in [3.63, 3.8) is 0 Å². The van der Waals surface area contributed by atoms with Gasteiger partial charge in [-0.2, -0.15) is 0 Å². The number of aromatic nitrogens is 1. The van der Waals surface area contributed by atoms with Crippen molar-refractivity contribution in [1.29, 1.82) is 0 Å². The van der Waals surface area contributed by atoms with Crippen LogP contribution in [-0.4, -0.2) is 55.3 Å². The molecule has 0 spiro atoms. The summed E-state index contributed by atoms with van der Waals surface area (Å²) in [6.07, 6.45) is 2.39. The number of aryl methyl sites for hydroxylation is 1. The molecule has 5 heteroatoms. The van der Waals surface area contributed by atoms with Gasteiger partial charge in [-0.1, -0.05) is 17.4 Å². The summed E-state index contributed by atoms with van der Waals surface area (Å²) in [6, 6.07) is 7.26. The van der Waals surface area contributed by atoms with Crippen molar-refractivity contribution < 1.29 is 4.74 Å². The molecule has 0 atom stereocenters. The second-order valence-corrected chi connectivity index (χ2v) is 7.34. The lowest BCUT2D eigenvalue weighted by Crippen LogP contribution is -2.51. The molecule has 0 amide bonds. The van der Waals surface area contributed by atoms with Gasteiger partial charge in [-0.25, -0.2) is 4.98 Å². The predicted octanol–water partition coefficient (Wildman–Crippen LogP) is 2.91. The lowest BCUT2D eigenvalue weighted by molar-refractivity contribution is 0.0321. The Balaban J connectivity index is 1.43. The van der Waals surface area contributed by atoms with Crippen LogP contribution in [0, 0.1) is 6.92 Å². The van der Waals surface area contributed by atoms with E-state index in [9.17, 15) is 0 Å². The van der Waals surface area contributed by atoms with Crippen LogP contribution < -0.4 is 4.90 Å². The predicted molar refractivity (Wildman–Crippen MR) is 92.0 cm³/mol. The Morgan fingerprint density at radius 3 is 2.68 bits per heavy atom. The Bertz CT molecular complexity index is 642. The minimum atomic E-state index is 0.730. The zero-order valence-electron chi connectivity index (χ0n) is 13.1. The second-order valence-electron chi connectivity index (χ2n) is 6.33. The number of anilines is 1. The topological polar surface area (TPSA) is 28.6 Å². The van der Waals surface area contributed by atoms with Crippen LogP contribution >= 0.6 is 11.3 Å². The van der Waals surface area contributed by atoms with E-state index in [1.54, 1.807) is 0 Å². The van der Waals surface area contributed by atoms with Crippen LogP contribution in [0.2, 0.25) is 0 Å². The molecule has 2 fully saturated rings. The van der Waals surface area contributed by atoms with Gasteiger partial charge in [0.15, 0.2) is 5.13 Å². The normalized spacial score (nSPS) is 21.6. The van der Waals surface area contributed by atoms with Gasteiger partial charge in [0.05, 0.1) is 10.2 Å². The number of hydrogen-bond acceptors (Lipinski definition) is 5. The molecule has 118 valence electrons. The number of piperazine rings is 1. The Labute approximate surface area is 135 Å². The van der Waals surface area contributed by atoms with Crippen LogP contribution in [-0.2, 0) is 4.74 Å². The van der Waals surface area contributed by atoms with Crippen molar-refractivity contribution in [3.8, 4) is 0 Å². The van der Waals surface area contributed by atoms with Gasteiger partial charge < -0.3 is 9.64 Å². The highest BCUT2D eigenvalue weighted by atomic mass is 32.1. The summed E-state index contributed by atoms with van der Waals surface area (Å²) in [6.45, 7) is 8.50. The first-order valence-electron chi connectivity index (χ1n) is 8.23. The Hall–Kier alpha value is -1.17. The van der Waals surface area contributed by atoms with Crippen molar-refractivity contribution in [1.82, 2.24) is 9.88 Å². The number of thiazole rings is 1. The number of ether oxygens (including phenoxy) is 1. The summed E-state index contributed by atoms with van der Waals surface area (Å²) >= 11 is 1.83. The number of benzene rings is 1. The maximum Gasteiger partial charge on any atom is 0.186 e. The molecule has 0 aliphatic carbocycles. The molecule has 22 heavy (non-hydrogen) atoms. The second kappa shape index (κ2) is 6.14. The molecular weight excluding hydrogens is 294 g/mol. The smallest absolute Gasteiger partial charge is 0.186 e. The molecule has 0 bridgehead atoms. The summed E-state index contributed by atoms with van der Waals surface area (Å²) < 4.78 is 6.79. The first kappa shape index (κ1) is 14.4. The fourth-order valence-electron chi connectivity index (χ4n) is 3.48. The Morgan fingerprint density at radius 1 is 1.14 bits per heavy atom. The average Bonchev–Trinajstić information content (AvgIpc) is 2.99. The van der Waals surface area contributed by atoms with Crippen LogP contribution in [0.25, 0.3) is 10.2 Å². The first-order valence-corrected chi connectivity index (χ1v) is 9.05. The van der Waals surface area contributed by atoms with Crippen molar-refractivity contribution >= 4 is 26.7 Å². The Morgan fingerprint density at radius 2 is 1.91 bits per heavy atom. The zero-order chi connectivity index (χ0) is 14.9.